The minimum atomic E-state index is -0.408. The van der Waals surface area contributed by atoms with Crippen LogP contribution in [-0.2, 0) is 0 Å². The molecule has 2 rings (SSSR count). The van der Waals surface area contributed by atoms with Crippen molar-refractivity contribution in [2.24, 2.45) is 0 Å². The highest BCUT2D eigenvalue weighted by molar-refractivity contribution is 5.74. The number of rotatable bonds is 6. The summed E-state index contributed by atoms with van der Waals surface area (Å²) in [7, 11) is 1.73. The fourth-order valence-electron chi connectivity index (χ4n) is 2.23. The average Bonchev–Trinajstić information content (AvgIpc) is 3.07. The van der Waals surface area contributed by atoms with E-state index in [-0.39, 0.29) is 12.1 Å². The quantitative estimate of drug-likeness (QED) is 0.859. The fraction of sp³-hybridized carbons (Fsp3) is 0.412. The monoisotopic (exact) mass is 316 g/mol. The van der Waals surface area contributed by atoms with Gasteiger partial charge in [-0.3, -0.25) is 0 Å². The van der Waals surface area contributed by atoms with Gasteiger partial charge in [0.15, 0.2) is 0 Å². The third-order valence-corrected chi connectivity index (χ3v) is 3.74. The van der Waals surface area contributed by atoms with Crippen LogP contribution in [0.2, 0.25) is 0 Å². The van der Waals surface area contributed by atoms with Crippen LogP contribution in [0.15, 0.2) is 43.0 Å². The highest BCUT2D eigenvalue weighted by Crippen LogP contribution is 2.17. The topological polar surface area (TPSA) is 70.4 Å². The molecule has 0 spiro atoms. The lowest BCUT2D eigenvalue weighted by Gasteiger charge is -2.22. The molecule has 2 unspecified atom stereocenters. The van der Waals surface area contributed by atoms with Gasteiger partial charge in [0.1, 0.15) is 0 Å². The van der Waals surface area contributed by atoms with Gasteiger partial charge in [0.25, 0.3) is 0 Å². The van der Waals surface area contributed by atoms with Crippen LogP contribution in [0.1, 0.15) is 31.9 Å². The average molecular weight is 316 g/mol. The molecule has 2 amide bonds. The molecular weight excluding hydrogens is 292 g/mol. The molecular formula is C17H24N4O2. The van der Waals surface area contributed by atoms with E-state index < -0.39 is 6.10 Å². The summed E-state index contributed by atoms with van der Waals surface area (Å²) in [4.78, 5) is 17.8. The third kappa shape index (κ3) is 4.82. The van der Waals surface area contributed by atoms with Crippen LogP contribution in [0.5, 0.6) is 0 Å². The van der Waals surface area contributed by atoms with Crippen molar-refractivity contribution in [1.29, 1.82) is 0 Å². The molecule has 0 aliphatic rings. The molecule has 0 saturated carbocycles. The predicted octanol–water partition coefficient (Wildman–Crippen LogP) is 2.35. The molecule has 2 aromatic rings. The summed E-state index contributed by atoms with van der Waals surface area (Å²) >= 11 is 0. The highest BCUT2D eigenvalue weighted by atomic mass is 16.3. The van der Waals surface area contributed by atoms with Crippen LogP contribution in [0.3, 0.4) is 0 Å². The van der Waals surface area contributed by atoms with E-state index in [2.05, 4.69) is 10.3 Å². The second-order valence-corrected chi connectivity index (χ2v) is 5.80. The van der Waals surface area contributed by atoms with Gasteiger partial charge in [-0.05, 0) is 38.0 Å². The summed E-state index contributed by atoms with van der Waals surface area (Å²) in [5.74, 6) is 0. The van der Waals surface area contributed by atoms with Gasteiger partial charge in [-0.1, -0.05) is 12.1 Å². The van der Waals surface area contributed by atoms with Gasteiger partial charge in [-0.2, -0.15) is 0 Å². The largest absolute Gasteiger partial charge is 0.393 e. The molecule has 0 aliphatic heterocycles. The minimum Gasteiger partial charge on any atom is -0.393 e. The van der Waals surface area contributed by atoms with Crippen molar-refractivity contribution in [3.05, 3.63) is 48.5 Å². The molecule has 0 aliphatic carbocycles. The molecule has 0 bridgehead atoms. The predicted molar refractivity (Wildman–Crippen MR) is 89.4 cm³/mol. The van der Waals surface area contributed by atoms with Crippen molar-refractivity contribution in [2.45, 2.75) is 32.4 Å². The molecule has 2 N–H and O–H groups in total. The first-order chi connectivity index (χ1) is 11.0. The zero-order chi connectivity index (χ0) is 16.8. The Bertz CT molecular complexity index is 625. The Kier molecular flexibility index (Phi) is 5.76. The first-order valence-electron chi connectivity index (χ1n) is 7.75. The number of aromatic nitrogens is 2. The molecule has 1 aromatic heterocycles. The van der Waals surface area contributed by atoms with Gasteiger partial charge in [0, 0.05) is 31.7 Å². The van der Waals surface area contributed by atoms with Gasteiger partial charge in [0.2, 0.25) is 0 Å². The van der Waals surface area contributed by atoms with Gasteiger partial charge >= 0.3 is 6.03 Å². The van der Waals surface area contributed by atoms with Gasteiger partial charge in [0.05, 0.1) is 18.5 Å². The van der Waals surface area contributed by atoms with Crippen LogP contribution in [0.4, 0.5) is 4.79 Å². The maximum atomic E-state index is 12.2. The van der Waals surface area contributed by atoms with E-state index in [1.165, 1.54) is 0 Å². The van der Waals surface area contributed by atoms with Gasteiger partial charge < -0.3 is 19.9 Å². The summed E-state index contributed by atoms with van der Waals surface area (Å²) in [6, 6.07) is 7.72. The number of nitrogens with one attached hydrogen (secondary N) is 1. The lowest BCUT2D eigenvalue weighted by molar-refractivity contribution is 0.162. The van der Waals surface area contributed by atoms with Crippen molar-refractivity contribution in [1.82, 2.24) is 19.8 Å². The maximum absolute atomic E-state index is 12.2. The maximum Gasteiger partial charge on any atom is 0.317 e. The van der Waals surface area contributed by atoms with E-state index >= 15 is 0 Å². The molecule has 23 heavy (non-hydrogen) atoms. The molecule has 124 valence electrons. The van der Waals surface area contributed by atoms with E-state index in [4.69, 9.17) is 0 Å². The lowest BCUT2D eigenvalue weighted by atomic mass is 10.1. The molecule has 0 radical (unpaired) electrons. The van der Waals surface area contributed by atoms with E-state index in [1.54, 1.807) is 31.4 Å². The molecule has 0 fully saturated rings. The highest BCUT2D eigenvalue weighted by Gasteiger charge is 2.14. The van der Waals surface area contributed by atoms with E-state index in [1.807, 2.05) is 42.0 Å². The number of nitrogens with zero attached hydrogens (tertiary/aromatic N) is 3. The zero-order valence-corrected chi connectivity index (χ0v) is 13.8. The number of carbonyl (C=O) groups is 1. The van der Waals surface area contributed by atoms with E-state index in [0.29, 0.717) is 13.0 Å². The normalized spacial score (nSPS) is 13.4. The number of benzene rings is 1. The number of aliphatic hydroxyl groups excluding tert-OH is 1. The second kappa shape index (κ2) is 7.78. The Labute approximate surface area is 136 Å². The molecule has 2 atom stereocenters. The Morgan fingerprint density at radius 3 is 2.87 bits per heavy atom. The van der Waals surface area contributed by atoms with Crippen LogP contribution in [0, 0.1) is 0 Å². The number of imidazole rings is 1. The van der Waals surface area contributed by atoms with Crippen molar-refractivity contribution in [3.8, 4) is 5.69 Å². The van der Waals surface area contributed by atoms with Gasteiger partial charge in [-0.25, -0.2) is 9.78 Å². The number of aliphatic hydroxyl groups is 1. The first kappa shape index (κ1) is 17.0. The third-order valence-electron chi connectivity index (χ3n) is 3.74. The molecule has 6 heteroatoms. The summed E-state index contributed by atoms with van der Waals surface area (Å²) in [6.07, 6.45) is 5.51. The summed E-state index contributed by atoms with van der Waals surface area (Å²) in [6.45, 7) is 4.19. The SMILES string of the molecule is CC(O)CCN(C)C(=O)NC(C)c1cccc(-n2ccnc2)c1. The van der Waals surface area contributed by atoms with Crippen LogP contribution >= 0.6 is 0 Å². The van der Waals surface area contributed by atoms with E-state index in [9.17, 15) is 9.90 Å². The number of hydrogen-bond acceptors (Lipinski definition) is 3. The summed E-state index contributed by atoms with van der Waals surface area (Å²) < 4.78 is 1.92. The number of urea groups is 1. The standard InChI is InChI=1S/C17H24N4O2/c1-13(22)7-9-20(3)17(23)19-14(2)15-5-4-6-16(11-15)21-10-8-18-12-21/h4-6,8,10-14,22H,7,9H2,1-3H3,(H,19,23). The number of amides is 2. The van der Waals surface area contributed by atoms with Crippen molar-refractivity contribution < 1.29 is 9.90 Å². The Morgan fingerprint density at radius 1 is 1.43 bits per heavy atom. The molecule has 6 nitrogen and oxygen atoms in total. The van der Waals surface area contributed by atoms with Gasteiger partial charge in [-0.15, -0.1) is 0 Å². The second-order valence-electron chi connectivity index (χ2n) is 5.80. The molecule has 1 heterocycles. The van der Waals surface area contributed by atoms with Crippen molar-refractivity contribution in [2.75, 3.05) is 13.6 Å². The van der Waals surface area contributed by atoms with E-state index in [0.717, 1.165) is 11.3 Å². The zero-order valence-electron chi connectivity index (χ0n) is 13.8. The van der Waals surface area contributed by atoms with Crippen molar-refractivity contribution in [3.63, 3.8) is 0 Å². The summed E-state index contributed by atoms with van der Waals surface area (Å²) in [5.41, 5.74) is 2.03. The smallest absolute Gasteiger partial charge is 0.317 e. The summed E-state index contributed by atoms with van der Waals surface area (Å²) in [5, 5.41) is 12.3. The molecule has 0 saturated heterocycles. The van der Waals surface area contributed by atoms with Crippen molar-refractivity contribution >= 4 is 6.03 Å². The fourth-order valence-corrected chi connectivity index (χ4v) is 2.23. The Balaban J connectivity index is 1.99. The number of carbonyl (C=O) groups excluding carboxylic acids is 1. The van der Waals surface area contributed by atoms with Crippen LogP contribution < -0.4 is 5.32 Å². The Morgan fingerprint density at radius 2 is 2.22 bits per heavy atom. The molecule has 1 aromatic carbocycles. The minimum absolute atomic E-state index is 0.111. The van der Waals surface area contributed by atoms with Crippen LogP contribution in [-0.4, -0.2) is 45.3 Å². The van der Waals surface area contributed by atoms with Crippen LogP contribution in [0.25, 0.3) is 5.69 Å². The Hall–Kier alpha value is -2.34. The first-order valence-corrected chi connectivity index (χ1v) is 7.75. The number of hydrogen-bond donors (Lipinski definition) is 2. The lowest BCUT2D eigenvalue weighted by Crippen LogP contribution is -2.39.